The molecular formula is C13H20N2O2. The zero-order chi connectivity index (χ0) is 12.5. The minimum Gasteiger partial charge on any atom is -0.468 e. The van der Waals surface area contributed by atoms with Gasteiger partial charge in [0.2, 0.25) is 0 Å². The fourth-order valence-electron chi connectivity index (χ4n) is 1.67. The summed E-state index contributed by atoms with van der Waals surface area (Å²) in [6.07, 6.45) is 5.55. The molecule has 94 valence electrons. The smallest absolute Gasteiger partial charge is 0.319 e. The van der Waals surface area contributed by atoms with Gasteiger partial charge in [0.05, 0.1) is 13.7 Å². The Bertz CT molecular complexity index is 327. The molecule has 0 N–H and O–H groups in total. The molecule has 1 heterocycles. The molecule has 4 heteroatoms. The maximum atomic E-state index is 11.2. The van der Waals surface area contributed by atoms with Gasteiger partial charge in [0.25, 0.3) is 0 Å². The number of pyridine rings is 1. The highest BCUT2D eigenvalue weighted by Gasteiger charge is 2.09. The number of aromatic nitrogens is 1. The van der Waals surface area contributed by atoms with Crippen LogP contribution in [0.15, 0.2) is 24.5 Å². The number of ether oxygens (including phenoxy) is 1. The summed E-state index contributed by atoms with van der Waals surface area (Å²) in [7, 11) is 1.43. The van der Waals surface area contributed by atoms with E-state index in [0.717, 1.165) is 25.9 Å². The lowest BCUT2D eigenvalue weighted by Crippen LogP contribution is -2.33. The van der Waals surface area contributed by atoms with Crippen LogP contribution < -0.4 is 0 Å². The molecule has 17 heavy (non-hydrogen) atoms. The first kappa shape index (κ1) is 13.6. The van der Waals surface area contributed by atoms with Gasteiger partial charge in [-0.2, -0.15) is 0 Å². The molecule has 0 amide bonds. The third-order valence-electron chi connectivity index (χ3n) is 2.59. The van der Waals surface area contributed by atoms with Crippen molar-refractivity contribution in [3.8, 4) is 0 Å². The predicted molar refractivity (Wildman–Crippen MR) is 66.7 cm³/mol. The summed E-state index contributed by atoms with van der Waals surface area (Å²) in [4.78, 5) is 17.3. The lowest BCUT2D eigenvalue weighted by atomic mass is 10.2. The third-order valence-corrected chi connectivity index (χ3v) is 2.59. The normalized spacial score (nSPS) is 10.5. The monoisotopic (exact) mass is 236 g/mol. The van der Waals surface area contributed by atoms with Gasteiger partial charge in [0, 0.05) is 18.9 Å². The van der Waals surface area contributed by atoms with Crippen molar-refractivity contribution in [3.63, 3.8) is 0 Å². The maximum absolute atomic E-state index is 11.2. The number of nitrogens with zero attached hydrogens (tertiary/aromatic N) is 2. The van der Waals surface area contributed by atoms with E-state index in [1.807, 2.05) is 12.1 Å². The summed E-state index contributed by atoms with van der Waals surface area (Å²) < 4.78 is 4.69. The lowest BCUT2D eigenvalue weighted by molar-refractivity contribution is -0.141. The average Bonchev–Trinajstić information content (AvgIpc) is 2.37. The van der Waals surface area contributed by atoms with Crippen molar-refractivity contribution in [3.05, 3.63) is 30.1 Å². The molecule has 0 bridgehead atoms. The van der Waals surface area contributed by atoms with E-state index in [2.05, 4.69) is 21.5 Å². The van der Waals surface area contributed by atoms with E-state index in [9.17, 15) is 4.79 Å². The maximum Gasteiger partial charge on any atom is 0.319 e. The van der Waals surface area contributed by atoms with Gasteiger partial charge in [-0.3, -0.25) is 14.7 Å². The van der Waals surface area contributed by atoms with E-state index in [0.29, 0.717) is 6.54 Å². The molecule has 4 nitrogen and oxygen atoms in total. The standard InChI is InChI=1S/C13H20N2O2/c1-3-9-15(11-13(16)17-2)10-6-12-4-7-14-8-5-12/h4-5,7-8H,3,6,9-11H2,1-2H3. The van der Waals surface area contributed by atoms with E-state index >= 15 is 0 Å². The summed E-state index contributed by atoms with van der Waals surface area (Å²) in [5, 5.41) is 0. The van der Waals surface area contributed by atoms with E-state index in [1.165, 1.54) is 12.7 Å². The number of hydrogen-bond acceptors (Lipinski definition) is 4. The quantitative estimate of drug-likeness (QED) is 0.673. The summed E-state index contributed by atoms with van der Waals surface area (Å²) in [6, 6.07) is 4.00. The van der Waals surface area contributed by atoms with Crippen LogP contribution >= 0.6 is 0 Å². The van der Waals surface area contributed by atoms with Crippen molar-refractivity contribution in [1.82, 2.24) is 9.88 Å². The fourth-order valence-corrected chi connectivity index (χ4v) is 1.67. The van der Waals surface area contributed by atoms with Crippen LogP contribution in [0.3, 0.4) is 0 Å². The second-order valence-corrected chi connectivity index (χ2v) is 3.96. The van der Waals surface area contributed by atoms with Gasteiger partial charge in [-0.05, 0) is 37.1 Å². The Kier molecular flexibility index (Phi) is 6.25. The van der Waals surface area contributed by atoms with Crippen molar-refractivity contribution >= 4 is 5.97 Å². The van der Waals surface area contributed by atoms with E-state index < -0.39 is 0 Å². The average molecular weight is 236 g/mol. The first-order valence-corrected chi connectivity index (χ1v) is 5.94. The Labute approximate surface area is 103 Å². The SMILES string of the molecule is CCCN(CCc1ccncc1)CC(=O)OC. The van der Waals surface area contributed by atoms with Crippen LogP contribution in [-0.2, 0) is 16.0 Å². The molecule has 0 unspecified atom stereocenters. The van der Waals surface area contributed by atoms with E-state index in [1.54, 1.807) is 12.4 Å². The van der Waals surface area contributed by atoms with Gasteiger partial charge in [0.1, 0.15) is 0 Å². The van der Waals surface area contributed by atoms with Crippen molar-refractivity contribution in [2.24, 2.45) is 0 Å². The molecule has 0 saturated heterocycles. The molecule has 1 aromatic heterocycles. The molecule has 1 aromatic rings. The minimum absolute atomic E-state index is 0.173. The number of esters is 1. The Balaban J connectivity index is 2.41. The zero-order valence-corrected chi connectivity index (χ0v) is 10.6. The molecule has 0 aliphatic rings. The second kappa shape index (κ2) is 7.79. The summed E-state index contributed by atoms with van der Waals surface area (Å²) in [5.74, 6) is -0.173. The summed E-state index contributed by atoms with van der Waals surface area (Å²) >= 11 is 0. The first-order valence-electron chi connectivity index (χ1n) is 5.94. The van der Waals surface area contributed by atoms with Gasteiger partial charge < -0.3 is 4.74 Å². The number of carbonyl (C=O) groups excluding carboxylic acids is 1. The van der Waals surface area contributed by atoms with Crippen LogP contribution in [0.4, 0.5) is 0 Å². The van der Waals surface area contributed by atoms with Gasteiger partial charge in [0.15, 0.2) is 0 Å². The molecule has 0 aromatic carbocycles. The molecular weight excluding hydrogens is 216 g/mol. The highest BCUT2D eigenvalue weighted by Crippen LogP contribution is 2.01. The Morgan fingerprint density at radius 3 is 2.65 bits per heavy atom. The molecule has 0 saturated carbocycles. The predicted octanol–water partition coefficient (Wildman–Crippen LogP) is 1.51. The van der Waals surface area contributed by atoms with Crippen molar-refractivity contribution in [1.29, 1.82) is 0 Å². The van der Waals surface area contributed by atoms with Gasteiger partial charge in [-0.1, -0.05) is 6.92 Å². The third kappa shape index (κ3) is 5.45. The molecule has 0 atom stereocenters. The second-order valence-electron chi connectivity index (χ2n) is 3.96. The van der Waals surface area contributed by atoms with Crippen LogP contribution in [0.2, 0.25) is 0 Å². The Morgan fingerprint density at radius 1 is 1.35 bits per heavy atom. The number of hydrogen-bond donors (Lipinski definition) is 0. The van der Waals surface area contributed by atoms with E-state index in [-0.39, 0.29) is 5.97 Å². The lowest BCUT2D eigenvalue weighted by Gasteiger charge is -2.20. The van der Waals surface area contributed by atoms with E-state index in [4.69, 9.17) is 0 Å². The van der Waals surface area contributed by atoms with Gasteiger partial charge in [-0.25, -0.2) is 0 Å². The van der Waals surface area contributed by atoms with Crippen molar-refractivity contribution in [2.45, 2.75) is 19.8 Å². The number of methoxy groups -OCH3 is 1. The first-order chi connectivity index (χ1) is 8.26. The topological polar surface area (TPSA) is 42.4 Å². The Hall–Kier alpha value is -1.42. The van der Waals surface area contributed by atoms with Crippen LogP contribution in [0.5, 0.6) is 0 Å². The van der Waals surface area contributed by atoms with Crippen LogP contribution in [0, 0.1) is 0 Å². The molecule has 0 radical (unpaired) electrons. The molecule has 0 fully saturated rings. The number of carbonyl (C=O) groups is 1. The molecule has 0 aliphatic heterocycles. The molecule has 0 aliphatic carbocycles. The van der Waals surface area contributed by atoms with Gasteiger partial charge in [-0.15, -0.1) is 0 Å². The van der Waals surface area contributed by atoms with Crippen LogP contribution in [0.1, 0.15) is 18.9 Å². The molecule has 0 spiro atoms. The number of rotatable bonds is 7. The molecule has 1 rings (SSSR count). The van der Waals surface area contributed by atoms with Crippen molar-refractivity contribution in [2.75, 3.05) is 26.7 Å². The summed E-state index contributed by atoms with van der Waals surface area (Å²) in [5.41, 5.74) is 1.24. The minimum atomic E-state index is -0.173. The largest absolute Gasteiger partial charge is 0.468 e. The van der Waals surface area contributed by atoms with Crippen LogP contribution in [0.25, 0.3) is 0 Å². The van der Waals surface area contributed by atoms with Gasteiger partial charge >= 0.3 is 5.97 Å². The zero-order valence-electron chi connectivity index (χ0n) is 10.6. The van der Waals surface area contributed by atoms with Crippen LogP contribution in [-0.4, -0.2) is 42.6 Å². The summed E-state index contributed by atoms with van der Waals surface area (Å²) in [6.45, 7) is 4.26. The Morgan fingerprint density at radius 2 is 2.06 bits per heavy atom. The highest BCUT2D eigenvalue weighted by molar-refractivity contribution is 5.71. The fraction of sp³-hybridized carbons (Fsp3) is 0.538. The highest BCUT2D eigenvalue weighted by atomic mass is 16.5. The van der Waals surface area contributed by atoms with Crippen molar-refractivity contribution < 1.29 is 9.53 Å².